The van der Waals surface area contributed by atoms with E-state index in [1.165, 1.54) is 22.5 Å². The van der Waals surface area contributed by atoms with E-state index in [9.17, 15) is 13.2 Å². The topological polar surface area (TPSA) is 85.4 Å². The van der Waals surface area contributed by atoms with Gasteiger partial charge in [-0.3, -0.25) is 4.79 Å². The fourth-order valence-electron chi connectivity index (χ4n) is 4.56. The lowest BCUT2D eigenvalue weighted by molar-refractivity contribution is -0.143. The third-order valence-corrected chi connectivity index (χ3v) is 8.48. The summed E-state index contributed by atoms with van der Waals surface area (Å²) in [6.45, 7) is 0.909. The molecule has 2 aliphatic heterocycles. The number of carbonyl (C=O) groups excluding carboxylic acids is 1. The molecule has 2 aromatic rings. The van der Waals surface area contributed by atoms with Crippen LogP contribution in [0.15, 0.2) is 41.3 Å². The number of carbonyl (C=O) groups is 1. The molecule has 1 amide bonds. The smallest absolute Gasteiger partial charge is 0.244 e. The van der Waals surface area contributed by atoms with Crippen LogP contribution in [0.4, 0.5) is 0 Å². The summed E-state index contributed by atoms with van der Waals surface area (Å²) in [5, 5.41) is 0.460. The number of ether oxygens (including phenoxy) is 3. The number of likely N-dealkylation sites (tertiary alicyclic amines) is 1. The highest BCUT2D eigenvalue weighted by Crippen LogP contribution is 2.36. The number of nitrogens with zero attached hydrogens (tertiary/aromatic N) is 2. The van der Waals surface area contributed by atoms with Crippen molar-refractivity contribution in [1.82, 2.24) is 9.21 Å². The van der Waals surface area contributed by atoms with Gasteiger partial charge in [-0.05, 0) is 49.6 Å². The zero-order valence-electron chi connectivity index (χ0n) is 18.9. The van der Waals surface area contributed by atoms with E-state index in [4.69, 9.17) is 37.4 Å². The minimum atomic E-state index is -3.94. The molecule has 184 valence electrons. The number of amides is 1. The minimum absolute atomic E-state index is 0.0000589. The molecule has 2 heterocycles. The second-order valence-corrected chi connectivity index (χ2v) is 10.9. The molecule has 4 rings (SSSR count). The summed E-state index contributed by atoms with van der Waals surface area (Å²) in [5.41, 5.74) is 0. The van der Waals surface area contributed by atoms with Gasteiger partial charge in [0.1, 0.15) is 18.4 Å². The van der Waals surface area contributed by atoms with E-state index in [-0.39, 0.29) is 33.5 Å². The van der Waals surface area contributed by atoms with E-state index in [1.54, 1.807) is 37.3 Å². The van der Waals surface area contributed by atoms with Gasteiger partial charge in [0.2, 0.25) is 15.9 Å². The third-order valence-electron chi connectivity index (χ3n) is 6.11. The summed E-state index contributed by atoms with van der Waals surface area (Å²) in [5.74, 6) is 1.51. The van der Waals surface area contributed by atoms with Gasteiger partial charge in [-0.25, -0.2) is 8.42 Å². The first-order valence-corrected chi connectivity index (χ1v) is 13.1. The molecule has 11 heteroatoms. The maximum atomic E-state index is 13.5. The number of hydrogen-bond acceptors (Lipinski definition) is 6. The largest absolute Gasteiger partial charge is 0.493 e. The third kappa shape index (κ3) is 4.93. The van der Waals surface area contributed by atoms with Crippen molar-refractivity contribution in [2.24, 2.45) is 0 Å². The van der Waals surface area contributed by atoms with Crippen molar-refractivity contribution in [3.8, 4) is 17.2 Å². The Bertz CT molecular complexity index is 1160. The van der Waals surface area contributed by atoms with E-state index in [1.807, 2.05) is 0 Å². The van der Waals surface area contributed by atoms with Crippen LogP contribution in [0.25, 0.3) is 0 Å². The molecule has 2 aromatic carbocycles. The van der Waals surface area contributed by atoms with Crippen molar-refractivity contribution < 1.29 is 27.4 Å². The van der Waals surface area contributed by atoms with Gasteiger partial charge >= 0.3 is 0 Å². The summed E-state index contributed by atoms with van der Waals surface area (Å²) in [6, 6.07) is 8.37. The molecule has 0 saturated carbocycles. The van der Waals surface area contributed by atoms with Gasteiger partial charge in [-0.2, -0.15) is 4.31 Å². The fraction of sp³-hybridized carbons (Fsp3) is 0.435. The molecule has 2 aliphatic rings. The van der Waals surface area contributed by atoms with Crippen molar-refractivity contribution in [2.75, 3.05) is 33.9 Å². The van der Waals surface area contributed by atoms with Gasteiger partial charge in [0.15, 0.2) is 11.5 Å². The van der Waals surface area contributed by atoms with Crippen molar-refractivity contribution >= 4 is 39.1 Å². The van der Waals surface area contributed by atoms with Gasteiger partial charge < -0.3 is 19.1 Å². The maximum absolute atomic E-state index is 13.5. The van der Waals surface area contributed by atoms with Gasteiger partial charge in [-0.1, -0.05) is 23.2 Å². The lowest BCUT2D eigenvalue weighted by Gasteiger charge is -2.48. The predicted octanol–water partition coefficient (Wildman–Crippen LogP) is 3.84. The minimum Gasteiger partial charge on any atom is -0.493 e. The van der Waals surface area contributed by atoms with Gasteiger partial charge in [0.25, 0.3) is 0 Å². The molecular formula is C23H26Cl2N2O6S. The number of fused-ring (bicyclic) bond motifs is 2. The van der Waals surface area contributed by atoms with Crippen LogP contribution in [-0.4, -0.2) is 69.5 Å². The highest BCUT2D eigenvalue weighted by atomic mass is 35.5. The standard InChI is InChI=1S/C23H26Cl2N2O6S/c1-31-21-7-6-18(13-22(21)32-2)33-9-8-26-14-17-4-3-5-20(23(26)28)27(17)34(29,30)19-11-15(24)10-16(25)12-19/h6-7,10-13,17,20H,3-5,8-9,14H2,1-2H3/t17-,20+/m1/s1. The van der Waals surface area contributed by atoms with Gasteiger partial charge in [0.05, 0.1) is 25.7 Å². The van der Waals surface area contributed by atoms with E-state index in [2.05, 4.69) is 0 Å². The fourth-order valence-corrected chi connectivity index (χ4v) is 7.11. The van der Waals surface area contributed by atoms with Crippen molar-refractivity contribution in [3.63, 3.8) is 0 Å². The van der Waals surface area contributed by atoms with Crippen molar-refractivity contribution in [3.05, 3.63) is 46.4 Å². The summed E-state index contributed by atoms with van der Waals surface area (Å²) in [7, 11) is -0.838. The second-order valence-electron chi connectivity index (χ2n) is 8.19. The zero-order valence-corrected chi connectivity index (χ0v) is 21.2. The second kappa shape index (κ2) is 10.2. The van der Waals surface area contributed by atoms with Crippen LogP contribution in [0.2, 0.25) is 10.0 Å². The number of sulfonamides is 1. The van der Waals surface area contributed by atoms with E-state index >= 15 is 0 Å². The van der Waals surface area contributed by atoms with Crippen LogP contribution in [0, 0.1) is 0 Å². The lowest BCUT2D eigenvalue weighted by Crippen LogP contribution is -2.65. The van der Waals surface area contributed by atoms with E-state index in [0.717, 1.165) is 6.42 Å². The summed E-state index contributed by atoms with van der Waals surface area (Å²) >= 11 is 12.1. The Labute approximate surface area is 209 Å². The molecule has 0 spiro atoms. The predicted molar refractivity (Wildman–Crippen MR) is 129 cm³/mol. The first kappa shape index (κ1) is 24.9. The quantitative estimate of drug-likeness (QED) is 0.517. The average molecular weight is 529 g/mol. The molecule has 8 nitrogen and oxygen atoms in total. The lowest BCUT2D eigenvalue weighted by atomic mass is 9.93. The summed E-state index contributed by atoms with van der Waals surface area (Å²) < 4.78 is 44.6. The molecule has 0 N–H and O–H groups in total. The summed E-state index contributed by atoms with van der Waals surface area (Å²) in [4.78, 5) is 14.9. The molecule has 0 aromatic heterocycles. The molecule has 2 fully saturated rings. The highest BCUT2D eigenvalue weighted by molar-refractivity contribution is 7.89. The normalized spacial score (nSPS) is 20.8. The first-order chi connectivity index (χ1) is 16.2. The number of benzene rings is 2. The molecule has 2 bridgehead atoms. The van der Waals surface area contributed by atoms with E-state index in [0.29, 0.717) is 43.2 Å². The number of piperidine rings is 1. The van der Waals surface area contributed by atoms with Crippen LogP contribution in [0.1, 0.15) is 19.3 Å². The van der Waals surface area contributed by atoms with Crippen LogP contribution >= 0.6 is 23.2 Å². The monoisotopic (exact) mass is 528 g/mol. The van der Waals surface area contributed by atoms with Gasteiger partial charge in [0, 0.05) is 28.7 Å². The number of halogens is 2. The van der Waals surface area contributed by atoms with Gasteiger partial charge in [-0.15, -0.1) is 0 Å². The van der Waals surface area contributed by atoms with Crippen LogP contribution in [0.3, 0.4) is 0 Å². The Morgan fingerprint density at radius 2 is 1.71 bits per heavy atom. The molecular weight excluding hydrogens is 503 g/mol. The first-order valence-electron chi connectivity index (χ1n) is 10.9. The van der Waals surface area contributed by atoms with Crippen LogP contribution in [0.5, 0.6) is 17.2 Å². The summed E-state index contributed by atoms with van der Waals surface area (Å²) in [6.07, 6.45) is 1.93. The number of piperazine rings is 1. The molecule has 34 heavy (non-hydrogen) atoms. The number of methoxy groups -OCH3 is 2. The van der Waals surface area contributed by atoms with E-state index < -0.39 is 16.1 Å². The van der Waals surface area contributed by atoms with Crippen molar-refractivity contribution in [2.45, 2.75) is 36.2 Å². The zero-order chi connectivity index (χ0) is 24.5. The Hall–Kier alpha value is -2.20. The number of hydrogen-bond donors (Lipinski definition) is 0. The SMILES string of the molecule is COc1ccc(OCCN2C[C@H]3CCC[C@@H](C2=O)N3S(=O)(=O)c2cc(Cl)cc(Cl)c2)cc1OC. The number of rotatable bonds is 8. The molecule has 0 radical (unpaired) electrons. The molecule has 0 aliphatic carbocycles. The molecule has 2 saturated heterocycles. The van der Waals surface area contributed by atoms with Crippen LogP contribution in [-0.2, 0) is 14.8 Å². The molecule has 0 unspecified atom stereocenters. The average Bonchev–Trinajstić information content (AvgIpc) is 2.81. The Balaban J connectivity index is 1.47. The Morgan fingerprint density at radius 1 is 1.00 bits per heavy atom. The van der Waals surface area contributed by atoms with Crippen LogP contribution < -0.4 is 14.2 Å². The molecule has 2 atom stereocenters. The highest BCUT2D eigenvalue weighted by Gasteiger charge is 2.49. The maximum Gasteiger partial charge on any atom is 0.244 e. The Morgan fingerprint density at radius 3 is 2.38 bits per heavy atom. The Kier molecular flexibility index (Phi) is 7.47. The van der Waals surface area contributed by atoms with Crippen molar-refractivity contribution in [1.29, 1.82) is 0 Å².